The van der Waals surface area contributed by atoms with Gasteiger partial charge in [0.05, 0.1) is 18.1 Å². The van der Waals surface area contributed by atoms with Crippen molar-refractivity contribution in [3.05, 3.63) is 77.0 Å². The number of hydrogen-bond acceptors (Lipinski definition) is 10. The first-order valence-electron chi connectivity index (χ1n) is 15.6. The van der Waals surface area contributed by atoms with Crippen molar-refractivity contribution in [2.75, 3.05) is 29.0 Å². The molecule has 54 heavy (non-hydrogen) atoms. The number of carbonyl (C=O) groups excluding carboxylic acids is 2. The molecule has 2 aliphatic heterocycles. The van der Waals surface area contributed by atoms with Gasteiger partial charge < -0.3 is 31.1 Å². The Morgan fingerprint density at radius 2 is 1.63 bits per heavy atom. The van der Waals surface area contributed by atoms with Crippen molar-refractivity contribution in [2.24, 2.45) is 13.0 Å². The first kappa shape index (κ1) is 40.8. The zero-order chi connectivity index (χ0) is 39.8. The number of halogens is 7. The Morgan fingerprint density at radius 1 is 0.944 bits per heavy atom. The number of nitrogens with one attached hydrogen (secondary N) is 3. The highest BCUT2D eigenvalue weighted by Crippen LogP contribution is 2.30. The molecule has 22 heteroatoms. The number of aromatic nitrogens is 5. The highest BCUT2D eigenvalue weighted by molar-refractivity contribution is 6.32. The minimum atomic E-state index is -5.08. The molecule has 1 atom stereocenters. The molecule has 0 aliphatic carbocycles. The number of benzene rings is 1. The fourth-order valence-corrected chi connectivity index (χ4v) is 5.23. The minimum Gasteiger partial charge on any atom is -0.475 e. The van der Waals surface area contributed by atoms with Crippen LogP contribution in [-0.2, 0) is 34.3 Å². The molecule has 1 fully saturated rings. The minimum absolute atomic E-state index is 0.0756. The molecule has 0 saturated carbocycles. The molecule has 1 aromatic carbocycles. The molecular weight excluding hydrogens is 756 g/mol. The third kappa shape index (κ3) is 11.8. The lowest BCUT2D eigenvalue weighted by Crippen LogP contribution is -2.29. The summed E-state index contributed by atoms with van der Waals surface area (Å²) < 4.78 is 65.1. The van der Waals surface area contributed by atoms with Gasteiger partial charge >= 0.3 is 24.3 Å². The van der Waals surface area contributed by atoms with Crippen LogP contribution in [0.3, 0.4) is 0 Å². The highest BCUT2D eigenvalue weighted by atomic mass is 35.5. The summed E-state index contributed by atoms with van der Waals surface area (Å²) in [5, 5.41) is 28.4. The number of likely N-dealkylation sites (tertiary alicyclic amines) is 1. The van der Waals surface area contributed by atoms with Gasteiger partial charge in [-0.05, 0) is 66.6 Å². The summed E-state index contributed by atoms with van der Waals surface area (Å²) in [5.41, 5.74) is 4.76. The number of anilines is 5. The van der Waals surface area contributed by atoms with Gasteiger partial charge in [0, 0.05) is 50.3 Å². The molecule has 3 aromatic heterocycles. The van der Waals surface area contributed by atoms with Crippen molar-refractivity contribution in [2.45, 2.75) is 38.0 Å². The Kier molecular flexibility index (Phi) is 13.0. The standard InChI is InChI=1S/C28H28ClN9O2.2C2HF3O2/c1-37-8-7-24(36-37)27(40)38-9-6-18(16-38)11-25(39)34-23-5-4-20-12-19(23)3-2-17-10-21(14-30-13-17)33-28-31-15-22(29)26(32-20)35-28;2*3-2(4,5)1(6)7/h4-5,7-8,10,12-15,18H,2-3,6,9,11,16H2,1H3,(H,34,39)(H2,31,32,33,35);2*(H,6,7)/t18-;;/m1../s1. The number of pyridine rings is 1. The number of aliphatic carboxylic acids is 2. The van der Waals surface area contributed by atoms with Crippen LogP contribution in [0.4, 0.5) is 55.2 Å². The molecule has 6 rings (SSSR count). The van der Waals surface area contributed by atoms with Crippen LogP contribution in [0.15, 0.2) is 55.1 Å². The van der Waals surface area contributed by atoms with Crippen LogP contribution >= 0.6 is 11.6 Å². The van der Waals surface area contributed by atoms with Crippen LogP contribution in [0, 0.1) is 5.92 Å². The molecule has 1 saturated heterocycles. The van der Waals surface area contributed by atoms with E-state index in [1.165, 1.54) is 0 Å². The van der Waals surface area contributed by atoms with Crippen molar-refractivity contribution in [3.8, 4) is 0 Å². The Bertz CT molecular complexity index is 1990. The van der Waals surface area contributed by atoms with E-state index >= 15 is 0 Å². The predicted octanol–water partition coefficient (Wildman–Crippen LogP) is 5.60. The third-order valence-electron chi connectivity index (χ3n) is 7.59. The second-order valence-electron chi connectivity index (χ2n) is 11.7. The van der Waals surface area contributed by atoms with Gasteiger partial charge in [-0.25, -0.2) is 14.6 Å². The average molecular weight is 786 g/mol. The van der Waals surface area contributed by atoms with E-state index in [1.54, 1.807) is 41.3 Å². The third-order valence-corrected chi connectivity index (χ3v) is 7.86. The largest absolute Gasteiger partial charge is 0.490 e. The van der Waals surface area contributed by atoms with Gasteiger partial charge in [0.25, 0.3) is 5.91 Å². The molecule has 2 amide bonds. The normalized spacial score (nSPS) is 14.9. The molecule has 5 N–H and O–H groups in total. The van der Waals surface area contributed by atoms with Gasteiger partial charge in [0.1, 0.15) is 10.7 Å². The maximum Gasteiger partial charge on any atom is 0.490 e. The number of amides is 2. The second kappa shape index (κ2) is 17.2. The number of nitrogens with zero attached hydrogens (tertiary/aromatic N) is 6. The second-order valence-corrected chi connectivity index (χ2v) is 12.1. The lowest BCUT2D eigenvalue weighted by Gasteiger charge is -2.17. The smallest absolute Gasteiger partial charge is 0.475 e. The number of carbonyl (C=O) groups is 4. The number of hydrogen-bond donors (Lipinski definition) is 5. The van der Waals surface area contributed by atoms with Crippen LogP contribution in [0.25, 0.3) is 0 Å². The van der Waals surface area contributed by atoms with E-state index in [-0.39, 0.29) is 17.7 Å². The number of carboxylic acids is 2. The summed E-state index contributed by atoms with van der Waals surface area (Å²) in [4.78, 5) is 58.6. The van der Waals surface area contributed by atoms with E-state index in [0.29, 0.717) is 48.4 Å². The lowest BCUT2D eigenvalue weighted by atomic mass is 10.0. The number of alkyl halides is 6. The van der Waals surface area contributed by atoms with E-state index < -0.39 is 24.3 Å². The summed E-state index contributed by atoms with van der Waals surface area (Å²) in [6.45, 7) is 1.16. The van der Waals surface area contributed by atoms with E-state index in [1.807, 2.05) is 30.5 Å². The molecular formula is C32H30ClF6N9O6. The van der Waals surface area contributed by atoms with Gasteiger partial charge in [-0.15, -0.1) is 0 Å². The first-order chi connectivity index (χ1) is 25.3. The average Bonchev–Trinajstić information content (AvgIpc) is 3.74. The van der Waals surface area contributed by atoms with Gasteiger partial charge in [0.15, 0.2) is 5.82 Å². The molecule has 5 heterocycles. The van der Waals surface area contributed by atoms with Crippen LogP contribution in [0.2, 0.25) is 5.02 Å². The SMILES string of the molecule is Cn1ccc(C(=O)N2CC[C@H](CC(=O)Nc3ccc4cc3CCc3cncc(c3)Nc3ncc(Cl)c(n3)N4)C2)n1.O=C(O)C(F)(F)F.O=C(O)C(F)(F)F. The fraction of sp³-hybridized carbons (Fsp3) is 0.312. The fourth-order valence-electron chi connectivity index (χ4n) is 5.09. The topological polar surface area (TPSA) is 205 Å². The van der Waals surface area contributed by atoms with Crippen molar-refractivity contribution >= 4 is 64.2 Å². The Hall–Kier alpha value is -5.99. The zero-order valence-electron chi connectivity index (χ0n) is 27.9. The lowest BCUT2D eigenvalue weighted by molar-refractivity contribution is -0.193. The van der Waals surface area contributed by atoms with Crippen LogP contribution < -0.4 is 16.0 Å². The first-order valence-corrected chi connectivity index (χ1v) is 16.0. The van der Waals surface area contributed by atoms with Gasteiger partial charge in [0.2, 0.25) is 11.9 Å². The molecule has 6 bridgehead atoms. The Morgan fingerprint density at radius 3 is 2.26 bits per heavy atom. The van der Waals surface area contributed by atoms with Crippen LogP contribution in [-0.4, -0.2) is 89.0 Å². The number of rotatable bonds is 4. The van der Waals surface area contributed by atoms with E-state index in [4.69, 9.17) is 31.4 Å². The Balaban J connectivity index is 0.000000396. The summed E-state index contributed by atoms with van der Waals surface area (Å²) in [6, 6.07) is 9.50. The Labute approximate surface area is 306 Å². The summed E-state index contributed by atoms with van der Waals surface area (Å²) in [5.74, 6) is -4.72. The van der Waals surface area contributed by atoms with Gasteiger partial charge in [-0.2, -0.15) is 36.4 Å². The van der Waals surface area contributed by atoms with Crippen molar-refractivity contribution < 1.29 is 55.7 Å². The zero-order valence-corrected chi connectivity index (χ0v) is 28.6. The van der Waals surface area contributed by atoms with Crippen molar-refractivity contribution in [1.29, 1.82) is 0 Å². The van der Waals surface area contributed by atoms with Crippen molar-refractivity contribution in [3.63, 3.8) is 0 Å². The molecule has 288 valence electrons. The summed E-state index contributed by atoms with van der Waals surface area (Å²) in [6.07, 6.45) is -0.803. The summed E-state index contributed by atoms with van der Waals surface area (Å²) in [7, 11) is 1.78. The van der Waals surface area contributed by atoms with Crippen LogP contribution in [0.5, 0.6) is 0 Å². The van der Waals surface area contributed by atoms with E-state index in [2.05, 4.69) is 36.0 Å². The molecule has 4 aromatic rings. The van der Waals surface area contributed by atoms with Crippen LogP contribution in [0.1, 0.15) is 34.5 Å². The highest BCUT2D eigenvalue weighted by Gasteiger charge is 2.39. The summed E-state index contributed by atoms with van der Waals surface area (Å²) >= 11 is 6.37. The molecule has 2 aliphatic rings. The number of carboxylic acid groups (broad SMARTS) is 2. The maximum atomic E-state index is 13.1. The maximum absolute atomic E-state index is 13.1. The van der Waals surface area contributed by atoms with E-state index in [0.717, 1.165) is 41.0 Å². The molecule has 15 nitrogen and oxygen atoms in total. The number of fused-ring (bicyclic) bond motifs is 6. The van der Waals surface area contributed by atoms with Gasteiger partial charge in [-0.3, -0.25) is 19.3 Å². The molecule has 0 radical (unpaired) electrons. The van der Waals surface area contributed by atoms with Gasteiger partial charge in [-0.1, -0.05) is 11.6 Å². The number of aryl methyl sites for hydroxylation is 3. The molecule has 0 unspecified atom stereocenters. The molecule has 0 spiro atoms. The van der Waals surface area contributed by atoms with Crippen molar-refractivity contribution in [1.82, 2.24) is 29.6 Å². The van der Waals surface area contributed by atoms with E-state index in [9.17, 15) is 35.9 Å². The monoisotopic (exact) mass is 785 g/mol. The quantitative estimate of drug-likeness (QED) is 0.161. The predicted molar refractivity (Wildman–Crippen MR) is 180 cm³/mol.